The molecule has 0 amide bonds. The summed E-state index contributed by atoms with van der Waals surface area (Å²) in [5.74, 6) is 0. The molecule has 1 nitrogen and oxygen atoms in total. The molecule has 2 N–H and O–H groups in total. The van der Waals surface area contributed by atoms with E-state index >= 15 is 0 Å². The van der Waals surface area contributed by atoms with E-state index in [2.05, 4.69) is 5.73 Å². The van der Waals surface area contributed by atoms with Crippen LogP contribution in [0.15, 0.2) is 0 Å². The first-order chi connectivity index (χ1) is 1.00. The minimum atomic E-state index is 0. The van der Waals surface area contributed by atoms with Gasteiger partial charge in [0.25, 0.3) is 0 Å². The van der Waals surface area contributed by atoms with Crippen LogP contribution in [-0.2, 0) is 19.5 Å². The van der Waals surface area contributed by atoms with E-state index < -0.39 is 0 Å². The number of hydrogen-bond donors (Lipinski definition) is 1. The predicted octanol–water partition coefficient (Wildman–Crippen LogP) is 1.68. The molecule has 7 heteroatoms. The Balaban J connectivity index is -0.000000000333. The first-order valence-corrected chi connectivity index (χ1v) is 0.577. The molecule has 0 heterocycles. The van der Waals surface area contributed by atoms with Gasteiger partial charge in [0.05, 0.1) is 0 Å². The largest absolute Gasteiger partial charge is 0.333 e. The molecule has 0 bridgehead atoms. The molecule has 0 fully saturated rings. The molecule has 0 aromatic rings. The van der Waals surface area contributed by atoms with Crippen LogP contribution in [0.1, 0.15) is 0 Å². The van der Waals surface area contributed by atoms with Crippen molar-refractivity contribution in [3.05, 3.63) is 0 Å². The fraction of sp³-hybridized carbons (Fsp3) is 1.00. The first kappa shape index (κ1) is 89.0. The van der Waals surface area contributed by atoms with Gasteiger partial charge < -0.3 is 5.73 Å². The van der Waals surface area contributed by atoms with Crippen molar-refractivity contribution in [2.45, 2.75) is 0 Å². The van der Waals surface area contributed by atoms with Gasteiger partial charge in [-0.15, -0.1) is 62.0 Å². The molecule has 0 saturated carbocycles. The average molecular weight is 316 g/mol. The van der Waals surface area contributed by atoms with Gasteiger partial charge in [-0.25, -0.2) is 0 Å². The van der Waals surface area contributed by atoms with Crippen LogP contribution in [0.25, 0.3) is 0 Å². The van der Waals surface area contributed by atoms with Crippen molar-refractivity contribution in [1.29, 1.82) is 0 Å². The van der Waals surface area contributed by atoms with Crippen LogP contribution in [0.3, 0.4) is 0 Å². The Morgan fingerprint density at radius 3 is 0.625 bits per heavy atom. The Bertz CT molecular complexity index is 12.4. The topological polar surface area (TPSA) is 26.0 Å². The normalized spacial score (nSPS) is 0.750. The van der Waals surface area contributed by atoms with E-state index in [0.29, 0.717) is 0 Å². The second kappa shape index (κ2) is 141. The Labute approximate surface area is 93.7 Å². The van der Waals surface area contributed by atoms with E-state index in [1.54, 1.807) is 0 Å². The smallest absolute Gasteiger partial charge is 0 e. The molecule has 0 aliphatic rings. The van der Waals surface area contributed by atoms with Gasteiger partial charge in [-0.3, -0.25) is 0 Å². The second-order valence-electron chi connectivity index (χ2n) is 0. The van der Waals surface area contributed by atoms with Gasteiger partial charge in [-0.05, 0) is 7.05 Å². The standard InChI is InChI=1S/CH5N.5ClH.Rh/c1-2;;;;;;/h2H2,1H3;5*1H;. The van der Waals surface area contributed by atoms with Crippen molar-refractivity contribution in [2.75, 3.05) is 7.05 Å². The van der Waals surface area contributed by atoms with Gasteiger partial charge in [0.1, 0.15) is 0 Å². The molecule has 0 spiro atoms. The predicted molar refractivity (Wildman–Crippen MR) is 46.4 cm³/mol. The average Bonchev–Trinajstić information content (AvgIpc) is 1.00. The molecule has 0 atom stereocenters. The summed E-state index contributed by atoms with van der Waals surface area (Å²) in [7, 11) is 1.50. The van der Waals surface area contributed by atoms with E-state index in [1.165, 1.54) is 7.05 Å². The Kier molecular flexibility index (Phi) is 1570. The van der Waals surface area contributed by atoms with Crippen LogP contribution in [0.2, 0.25) is 0 Å². The molecule has 1 radical (unpaired) electrons. The van der Waals surface area contributed by atoms with Crippen molar-refractivity contribution >= 4 is 62.0 Å². The van der Waals surface area contributed by atoms with E-state index in [0.717, 1.165) is 0 Å². The van der Waals surface area contributed by atoms with Crippen LogP contribution in [0, 0.1) is 0 Å². The van der Waals surface area contributed by atoms with Gasteiger partial charge in [0.15, 0.2) is 0 Å². The van der Waals surface area contributed by atoms with Crippen molar-refractivity contribution in [2.24, 2.45) is 5.73 Å². The summed E-state index contributed by atoms with van der Waals surface area (Å²) in [6.45, 7) is 0. The summed E-state index contributed by atoms with van der Waals surface area (Å²) >= 11 is 0. The zero-order valence-corrected chi connectivity index (χ0v) is 9.67. The summed E-state index contributed by atoms with van der Waals surface area (Å²) < 4.78 is 0. The van der Waals surface area contributed by atoms with Crippen LogP contribution >= 0.6 is 62.0 Å². The fourth-order valence-corrected chi connectivity index (χ4v) is 0. The molecule has 0 aliphatic heterocycles. The van der Waals surface area contributed by atoms with Crippen molar-refractivity contribution in [3.63, 3.8) is 0 Å². The SMILES string of the molecule is CN.Cl.Cl.Cl.Cl.Cl.[Rh]. The minimum absolute atomic E-state index is 0. The molecule has 0 aromatic carbocycles. The summed E-state index contributed by atoms with van der Waals surface area (Å²) in [6, 6.07) is 0. The summed E-state index contributed by atoms with van der Waals surface area (Å²) in [5.41, 5.74) is 4.50. The number of rotatable bonds is 0. The number of nitrogens with two attached hydrogens (primary N) is 1. The maximum Gasteiger partial charge on any atom is 0 e. The van der Waals surface area contributed by atoms with Gasteiger partial charge in [0, 0.05) is 19.5 Å². The van der Waals surface area contributed by atoms with Gasteiger partial charge >= 0.3 is 0 Å². The van der Waals surface area contributed by atoms with Crippen LogP contribution < -0.4 is 5.73 Å². The molecule has 8 heavy (non-hydrogen) atoms. The molecular formula is CH10Cl5NRh. The Morgan fingerprint density at radius 2 is 0.625 bits per heavy atom. The zero-order valence-electron chi connectivity index (χ0n) is 3.95. The third-order valence-electron chi connectivity index (χ3n) is 0. The number of hydrogen-bond acceptors (Lipinski definition) is 1. The van der Waals surface area contributed by atoms with E-state index in [1.807, 2.05) is 0 Å². The Morgan fingerprint density at radius 1 is 0.625 bits per heavy atom. The van der Waals surface area contributed by atoms with E-state index in [-0.39, 0.29) is 81.5 Å². The summed E-state index contributed by atoms with van der Waals surface area (Å²) in [4.78, 5) is 0. The molecule has 0 aromatic heterocycles. The summed E-state index contributed by atoms with van der Waals surface area (Å²) in [5, 5.41) is 0. The maximum atomic E-state index is 4.50. The quantitative estimate of drug-likeness (QED) is 0.676. The maximum absolute atomic E-state index is 4.50. The summed E-state index contributed by atoms with van der Waals surface area (Å²) in [6.07, 6.45) is 0. The van der Waals surface area contributed by atoms with E-state index in [4.69, 9.17) is 0 Å². The molecule has 63 valence electrons. The Hall–Kier alpha value is 2.03. The van der Waals surface area contributed by atoms with Gasteiger partial charge in [0.2, 0.25) is 0 Å². The van der Waals surface area contributed by atoms with Gasteiger partial charge in [-0.2, -0.15) is 0 Å². The minimum Gasteiger partial charge on any atom is -0.333 e. The molecule has 0 aliphatic carbocycles. The van der Waals surface area contributed by atoms with Crippen molar-refractivity contribution in [3.8, 4) is 0 Å². The second-order valence-corrected chi connectivity index (χ2v) is 0. The van der Waals surface area contributed by atoms with Crippen LogP contribution in [-0.4, -0.2) is 7.05 Å². The molecular weight excluding hydrogens is 306 g/mol. The van der Waals surface area contributed by atoms with E-state index in [9.17, 15) is 0 Å². The van der Waals surface area contributed by atoms with Crippen LogP contribution in [0.5, 0.6) is 0 Å². The van der Waals surface area contributed by atoms with Gasteiger partial charge in [-0.1, -0.05) is 0 Å². The monoisotopic (exact) mass is 314 g/mol. The van der Waals surface area contributed by atoms with Crippen molar-refractivity contribution < 1.29 is 19.5 Å². The first-order valence-electron chi connectivity index (χ1n) is 0.577. The molecule has 0 unspecified atom stereocenters. The van der Waals surface area contributed by atoms with Crippen LogP contribution in [0.4, 0.5) is 0 Å². The third-order valence-corrected chi connectivity index (χ3v) is 0. The molecule has 0 saturated heterocycles. The zero-order chi connectivity index (χ0) is 2.00. The third kappa shape index (κ3) is 96.1. The molecule has 0 rings (SSSR count). The van der Waals surface area contributed by atoms with Crippen molar-refractivity contribution in [1.82, 2.24) is 0 Å². The fourth-order valence-electron chi connectivity index (χ4n) is 0. The number of halogens is 5.